The molecule has 0 saturated carbocycles. The number of hydrogen-bond acceptors (Lipinski definition) is 7. The Morgan fingerprint density at radius 1 is 1.08 bits per heavy atom. The van der Waals surface area contributed by atoms with Gasteiger partial charge in [0.25, 0.3) is 5.91 Å². The third kappa shape index (κ3) is 3.55. The lowest BCUT2D eigenvalue weighted by Crippen LogP contribution is -2.30. The number of nitrogens with one attached hydrogen (secondary N) is 2. The van der Waals surface area contributed by atoms with Gasteiger partial charge in [0, 0.05) is 12.4 Å². The van der Waals surface area contributed by atoms with Crippen LogP contribution < -0.4 is 21.3 Å². The summed E-state index contributed by atoms with van der Waals surface area (Å²) in [6.45, 7) is 0. The zero-order valence-corrected chi connectivity index (χ0v) is 12.5. The summed E-state index contributed by atoms with van der Waals surface area (Å²) < 4.78 is 5.60. The highest BCUT2D eigenvalue weighted by molar-refractivity contribution is 5.94. The summed E-state index contributed by atoms with van der Waals surface area (Å²) in [6.07, 6.45) is 4.32. The Morgan fingerprint density at radius 3 is 2.67 bits per heavy atom. The van der Waals surface area contributed by atoms with Crippen molar-refractivity contribution in [3.05, 3.63) is 66.7 Å². The second kappa shape index (κ2) is 7.05. The molecule has 3 rings (SSSR count). The van der Waals surface area contributed by atoms with Crippen molar-refractivity contribution in [3.63, 3.8) is 0 Å². The van der Waals surface area contributed by atoms with Gasteiger partial charge in [0.05, 0.1) is 5.56 Å². The Labute approximate surface area is 137 Å². The maximum atomic E-state index is 12.0. The van der Waals surface area contributed by atoms with E-state index >= 15 is 0 Å². The number of pyridine rings is 1. The van der Waals surface area contributed by atoms with Gasteiger partial charge in [-0.15, -0.1) is 0 Å². The third-order valence-electron chi connectivity index (χ3n) is 3.02. The first-order chi connectivity index (χ1) is 11.7. The van der Waals surface area contributed by atoms with Crippen molar-refractivity contribution >= 4 is 17.4 Å². The summed E-state index contributed by atoms with van der Waals surface area (Å²) in [5.74, 6) is 0.641. The number of hydrazine groups is 1. The van der Waals surface area contributed by atoms with E-state index in [1.54, 1.807) is 30.5 Å². The van der Waals surface area contributed by atoms with Crippen LogP contribution in [-0.2, 0) is 0 Å². The van der Waals surface area contributed by atoms with Crippen LogP contribution in [0.5, 0.6) is 11.6 Å². The van der Waals surface area contributed by atoms with Crippen LogP contribution >= 0.6 is 0 Å². The molecule has 0 spiro atoms. The molecule has 24 heavy (non-hydrogen) atoms. The third-order valence-corrected chi connectivity index (χ3v) is 3.02. The van der Waals surface area contributed by atoms with E-state index < -0.39 is 0 Å². The molecule has 8 heteroatoms. The molecule has 2 heterocycles. The summed E-state index contributed by atoms with van der Waals surface area (Å²) in [7, 11) is 0. The number of nitrogens with zero attached hydrogens (tertiary/aromatic N) is 3. The molecule has 120 valence electrons. The van der Waals surface area contributed by atoms with Gasteiger partial charge in [0.1, 0.15) is 17.8 Å². The Bertz CT molecular complexity index is 826. The fourth-order valence-corrected chi connectivity index (χ4v) is 1.85. The van der Waals surface area contributed by atoms with Gasteiger partial charge in [-0.3, -0.25) is 20.6 Å². The predicted molar refractivity (Wildman–Crippen MR) is 88.3 cm³/mol. The van der Waals surface area contributed by atoms with Crippen molar-refractivity contribution in [2.24, 2.45) is 0 Å². The first-order valence-corrected chi connectivity index (χ1v) is 7.04. The molecule has 0 fully saturated rings. The number of anilines is 2. The van der Waals surface area contributed by atoms with Crippen molar-refractivity contribution in [1.29, 1.82) is 0 Å². The van der Waals surface area contributed by atoms with Crippen molar-refractivity contribution in [2.75, 3.05) is 11.2 Å². The highest BCUT2D eigenvalue weighted by Crippen LogP contribution is 2.28. The number of amides is 1. The molecule has 8 nitrogen and oxygen atoms in total. The minimum Gasteiger partial charge on any atom is -0.437 e. The molecule has 0 aliphatic carbocycles. The molecule has 0 radical (unpaired) electrons. The number of para-hydroxylation sites is 1. The van der Waals surface area contributed by atoms with E-state index in [1.165, 1.54) is 12.5 Å². The second-order valence-electron chi connectivity index (χ2n) is 4.68. The van der Waals surface area contributed by atoms with Crippen LogP contribution in [0.2, 0.25) is 0 Å². The van der Waals surface area contributed by atoms with Crippen LogP contribution in [0.1, 0.15) is 10.4 Å². The number of benzene rings is 1. The van der Waals surface area contributed by atoms with Crippen LogP contribution in [0, 0.1) is 0 Å². The summed E-state index contributed by atoms with van der Waals surface area (Å²) in [4.78, 5) is 23.8. The van der Waals surface area contributed by atoms with Gasteiger partial charge in [0.15, 0.2) is 5.82 Å². The number of hydrogen-bond donors (Lipinski definition) is 3. The van der Waals surface area contributed by atoms with Crippen molar-refractivity contribution < 1.29 is 9.53 Å². The average molecular weight is 322 g/mol. The largest absolute Gasteiger partial charge is 0.437 e. The number of aromatic nitrogens is 3. The normalized spacial score (nSPS) is 10.0. The molecular formula is C16H14N6O2. The van der Waals surface area contributed by atoms with Crippen LogP contribution in [0.25, 0.3) is 0 Å². The lowest BCUT2D eigenvalue weighted by Gasteiger charge is -2.12. The molecule has 1 amide bonds. The lowest BCUT2D eigenvalue weighted by molar-refractivity contribution is 0.0962. The first kappa shape index (κ1) is 15.2. The molecule has 3 aromatic rings. The van der Waals surface area contributed by atoms with Crippen molar-refractivity contribution in [1.82, 2.24) is 20.4 Å². The van der Waals surface area contributed by atoms with Gasteiger partial charge in [-0.1, -0.05) is 18.2 Å². The van der Waals surface area contributed by atoms with Gasteiger partial charge in [-0.25, -0.2) is 4.98 Å². The van der Waals surface area contributed by atoms with Gasteiger partial charge >= 0.3 is 0 Å². The summed E-state index contributed by atoms with van der Waals surface area (Å²) in [5, 5.41) is 0. The predicted octanol–water partition coefficient (Wildman–Crippen LogP) is 2.00. The molecular weight excluding hydrogens is 308 g/mol. The molecule has 0 aliphatic rings. The van der Waals surface area contributed by atoms with Gasteiger partial charge < -0.3 is 10.5 Å². The van der Waals surface area contributed by atoms with Crippen molar-refractivity contribution in [3.8, 4) is 11.6 Å². The zero-order chi connectivity index (χ0) is 16.8. The average Bonchev–Trinajstić information content (AvgIpc) is 2.64. The topological polar surface area (TPSA) is 115 Å². The molecule has 0 atom stereocenters. The number of carbonyl (C=O) groups excluding carboxylic acids is 1. The van der Waals surface area contributed by atoms with Crippen molar-refractivity contribution in [2.45, 2.75) is 0 Å². The fourth-order valence-electron chi connectivity index (χ4n) is 1.85. The number of carbonyl (C=O) groups is 1. The molecule has 0 unspecified atom stereocenters. The molecule has 0 saturated heterocycles. The van der Waals surface area contributed by atoms with Gasteiger partial charge in [0.2, 0.25) is 5.88 Å². The summed E-state index contributed by atoms with van der Waals surface area (Å²) >= 11 is 0. The standard InChI is InChI=1S/C16H14N6O2/c17-13-14(21-22-15(23)11-5-4-8-18-9-11)19-10-20-16(13)24-12-6-2-1-3-7-12/h1-10H,17H2,(H,22,23)(H,19,20,21). The van der Waals surface area contributed by atoms with Crippen LogP contribution in [0.4, 0.5) is 11.5 Å². The minimum atomic E-state index is -0.369. The van der Waals surface area contributed by atoms with E-state index in [0.717, 1.165) is 0 Å². The Hall–Kier alpha value is -3.68. The zero-order valence-electron chi connectivity index (χ0n) is 12.5. The van der Waals surface area contributed by atoms with Gasteiger partial charge in [-0.2, -0.15) is 4.98 Å². The summed E-state index contributed by atoms with van der Waals surface area (Å²) in [5.41, 5.74) is 11.7. The molecule has 4 N–H and O–H groups in total. The highest BCUT2D eigenvalue weighted by Gasteiger charge is 2.11. The van der Waals surface area contributed by atoms with Crippen LogP contribution in [0.3, 0.4) is 0 Å². The number of rotatable bonds is 5. The van der Waals surface area contributed by atoms with E-state index in [2.05, 4.69) is 25.8 Å². The fraction of sp³-hybridized carbons (Fsp3) is 0. The van der Waals surface area contributed by atoms with E-state index in [1.807, 2.05) is 18.2 Å². The van der Waals surface area contributed by atoms with Gasteiger partial charge in [-0.05, 0) is 24.3 Å². The van der Waals surface area contributed by atoms with E-state index in [9.17, 15) is 4.79 Å². The minimum absolute atomic E-state index is 0.174. The maximum Gasteiger partial charge on any atom is 0.271 e. The van der Waals surface area contributed by atoms with E-state index in [0.29, 0.717) is 11.3 Å². The Kier molecular flexibility index (Phi) is 4.47. The first-order valence-electron chi connectivity index (χ1n) is 7.04. The van der Waals surface area contributed by atoms with Crippen LogP contribution in [0.15, 0.2) is 61.2 Å². The number of ether oxygens (including phenoxy) is 1. The Balaban J connectivity index is 1.70. The molecule has 1 aromatic carbocycles. The highest BCUT2D eigenvalue weighted by atomic mass is 16.5. The van der Waals surface area contributed by atoms with E-state index in [4.69, 9.17) is 10.5 Å². The quantitative estimate of drug-likeness (QED) is 0.615. The number of nitrogen functional groups attached to an aromatic ring is 1. The van der Waals surface area contributed by atoms with E-state index in [-0.39, 0.29) is 23.3 Å². The molecule has 2 aromatic heterocycles. The summed E-state index contributed by atoms with van der Waals surface area (Å²) in [6, 6.07) is 12.4. The maximum absolute atomic E-state index is 12.0. The SMILES string of the molecule is Nc1c(NNC(=O)c2cccnc2)ncnc1Oc1ccccc1. The number of nitrogens with two attached hydrogens (primary N) is 1. The smallest absolute Gasteiger partial charge is 0.271 e. The molecule has 0 bridgehead atoms. The Morgan fingerprint density at radius 2 is 1.92 bits per heavy atom. The van der Waals surface area contributed by atoms with Crippen LogP contribution in [-0.4, -0.2) is 20.9 Å². The lowest BCUT2D eigenvalue weighted by atomic mass is 10.3. The second-order valence-corrected chi connectivity index (χ2v) is 4.68. The monoisotopic (exact) mass is 322 g/mol. The molecule has 0 aliphatic heterocycles.